The van der Waals surface area contributed by atoms with Crippen LogP contribution in [0.15, 0.2) is 29.3 Å². The molecule has 0 spiro atoms. The van der Waals surface area contributed by atoms with E-state index in [1.807, 2.05) is 0 Å². The van der Waals surface area contributed by atoms with Crippen LogP contribution < -0.4 is 5.46 Å². The van der Waals surface area contributed by atoms with Gasteiger partial charge in [0.05, 0.1) is 22.9 Å². The van der Waals surface area contributed by atoms with E-state index in [2.05, 4.69) is 74.3 Å². The van der Waals surface area contributed by atoms with Gasteiger partial charge in [0, 0.05) is 0 Å². The largest absolute Gasteiger partial charge is 0.494 e. The molecule has 0 amide bonds. The first-order valence-corrected chi connectivity index (χ1v) is 7.25. The molecule has 1 fully saturated rings. The summed E-state index contributed by atoms with van der Waals surface area (Å²) in [6, 6.07) is 8.27. The number of aliphatic imine (C=N–C) groups is 1. The number of hydrogen-bond acceptors (Lipinski definition) is 4. The van der Waals surface area contributed by atoms with Crippen molar-refractivity contribution >= 4 is 30.0 Å². The first-order valence-electron chi connectivity index (χ1n) is 6.84. The van der Waals surface area contributed by atoms with E-state index in [1.54, 1.807) is 0 Å². The molecule has 3 nitrogen and oxygen atoms in total. The fourth-order valence-electron chi connectivity index (χ4n) is 2.05. The van der Waals surface area contributed by atoms with Crippen molar-refractivity contribution in [3.05, 3.63) is 29.8 Å². The normalized spacial score (nSPS) is 19.7. The van der Waals surface area contributed by atoms with Gasteiger partial charge in [0.2, 0.25) is 0 Å². The minimum atomic E-state index is -0.301. The predicted molar refractivity (Wildman–Crippen MR) is 85.8 cm³/mol. The molecule has 0 saturated carbocycles. The smallest absolute Gasteiger partial charge is 0.399 e. The molecule has 0 unspecified atom stereocenters. The second-order valence-electron chi connectivity index (χ2n) is 6.05. The average molecular weight is 289 g/mol. The summed E-state index contributed by atoms with van der Waals surface area (Å²) in [5.41, 5.74) is 1.67. The van der Waals surface area contributed by atoms with Gasteiger partial charge in [0.15, 0.2) is 0 Å². The van der Waals surface area contributed by atoms with Crippen molar-refractivity contribution in [2.75, 3.05) is 6.54 Å². The summed E-state index contributed by atoms with van der Waals surface area (Å²) >= 11 is 4.55. The Hall–Kier alpha value is -0.995. The molecule has 1 aromatic carbocycles. The van der Waals surface area contributed by atoms with E-state index in [9.17, 15) is 0 Å². The SMILES string of the molecule is CC1(C)OB(c2ccc(CCN=C=S)cc2)OC1(C)C. The highest BCUT2D eigenvalue weighted by Crippen LogP contribution is 2.36. The maximum atomic E-state index is 6.02. The Balaban J connectivity index is 2.06. The van der Waals surface area contributed by atoms with Crippen molar-refractivity contribution in [3.8, 4) is 0 Å². The van der Waals surface area contributed by atoms with Crippen LogP contribution in [0.25, 0.3) is 0 Å². The van der Waals surface area contributed by atoms with Crippen molar-refractivity contribution in [3.63, 3.8) is 0 Å². The Kier molecular flexibility index (Phi) is 4.45. The van der Waals surface area contributed by atoms with Crippen molar-refractivity contribution < 1.29 is 9.31 Å². The fourth-order valence-corrected chi connectivity index (χ4v) is 2.14. The van der Waals surface area contributed by atoms with Crippen LogP contribution in [-0.2, 0) is 15.7 Å². The van der Waals surface area contributed by atoms with E-state index in [0.29, 0.717) is 6.54 Å². The highest BCUT2D eigenvalue weighted by atomic mass is 32.1. The molecule has 0 bridgehead atoms. The molecule has 0 N–H and O–H groups in total. The van der Waals surface area contributed by atoms with Crippen LogP contribution in [0.3, 0.4) is 0 Å². The van der Waals surface area contributed by atoms with E-state index in [1.165, 1.54) is 5.56 Å². The molecule has 1 aliphatic rings. The van der Waals surface area contributed by atoms with E-state index >= 15 is 0 Å². The zero-order valence-corrected chi connectivity index (χ0v) is 13.3. The van der Waals surface area contributed by atoms with Gasteiger partial charge in [-0.3, -0.25) is 0 Å². The lowest BCUT2D eigenvalue weighted by Gasteiger charge is -2.32. The molecular formula is C15H20BNO2S. The standard InChI is InChI=1S/C15H20BNO2S/c1-14(2)15(3,4)19-16(18-14)13-7-5-12(6-8-13)9-10-17-11-20/h5-8H,9-10H2,1-4H3. The Morgan fingerprint density at radius 2 is 1.65 bits per heavy atom. The average Bonchev–Trinajstić information content (AvgIpc) is 2.60. The van der Waals surface area contributed by atoms with Gasteiger partial charge in [0.25, 0.3) is 0 Å². The van der Waals surface area contributed by atoms with E-state index in [4.69, 9.17) is 9.31 Å². The zero-order valence-electron chi connectivity index (χ0n) is 12.5. The van der Waals surface area contributed by atoms with Crippen molar-refractivity contribution in [2.45, 2.75) is 45.3 Å². The summed E-state index contributed by atoms with van der Waals surface area (Å²) in [6.45, 7) is 8.92. The van der Waals surface area contributed by atoms with Crippen LogP contribution in [-0.4, -0.2) is 30.0 Å². The molecule has 0 aromatic heterocycles. The number of rotatable bonds is 4. The summed E-state index contributed by atoms with van der Waals surface area (Å²) in [7, 11) is -0.298. The molecule has 0 radical (unpaired) electrons. The minimum absolute atomic E-state index is 0.298. The third kappa shape index (κ3) is 3.18. The molecule has 0 atom stereocenters. The minimum Gasteiger partial charge on any atom is -0.399 e. The highest BCUT2D eigenvalue weighted by molar-refractivity contribution is 7.78. The Morgan fingerprint density at radius 1 is 1.10 bits per heavy atom. The lowest BCUT2D eigenvalue weighted by Crippen LogP contribution is -2.41. The zero-order chi connectivity index (χ0) is 14.8. The van der Waals surface area contributed by atoms with Crippen molar-refractivity contribution in [1.82, 2.24) is 0 Å². The van der Waals surface area contributed by atoms with Gasteiger partial charge in [-0.25, -0.2) is 4.99 Å². The number of hydrogen-bond donors (Lipinski definition) is 0. The lowest BCUT2D eigenvalue weighted by atomic mass is 9.79. The number of thiocarbonyl (C=S) groups is 1. The van der Waals surface area contributed by atoms with E-state index in [0.717, 1.165) is 11.9 Å². The van der Waals surface area contributed by atoms with Gasteiger partial charge in [-0.1, -0.05) is 24.3 Å². The van der Waals surface area contributed by atoms with Gasteiger partial charge < -0.3 is 9.31 Å². The maximum Gasteiger partial charge on any atom is 0.494 e. The molecule has 1 saturated heterocycles. The molecule has 1 aliphatic heterocycles. The van der Waals surface area contributed by atoms with Gasteiger partial charge in [-0.15, -0.1) is 0 Å². The Labute approximate surface area is 126 Å². The van der Waals surface area contributed by atoms with Crippen LogP contribution in [0.1, 0.15) is 33.3 Å². The van der Waals surface area contributed by atoms with Crippen LogP contribution in [0.5, 0.6) is 0 Å². The summed E-state index contributed by atoms with van der Waals surface area (Å²) in [5, 5.41) is 2.38. The highest BCUT2D eigenvalue weighted by Gasteiger charge is 2.51. The van der Waals surface area contributed by atoms with Gasteiger partial charge in [0.1, 0.15) is 0 Å². The first kappa shape index (κ1) is 15.4. The summed E-state index contributed by atoms with van der Waals surface area (Å²) in [6.07, 6.45) is 0.868. The third-order valence-electron chi connectivity index (χ3n) is 4.08. The van der Waals surface area contributed by atoms with Gasteiger partial charge in [-0.05, 0) is 57.4 Å². The van der Waals surface area contributed by atoms with E-state index in [-0.39, 0.29) is 18.3 Å². The summed E-state index contributed by atoms with van der Waals surface area (Å²) in [5.74, 6) is 0. The summed E-state index contributed by atoms with van der Waals surface area (Å²) in [4.78, 5) is 3.92. The molecule has 106 valence electrons. The number of nitrogens with zero attached hydrogens (tertiary/aromatic N) is 1. The lowest BCUT2D eigenvalue weighted by molar-refractivity contribution is 0.00578. The number of isothiocyanates is 1. The van der Waals surface area contributed by atoms with Gasteiger partial charge >= 0.3 is 7.12 Å². The molecule has 5 heteroatoms. The van der Waals surface area contributed by atoms with Crippen molar-refractivity contribution in [1.29, 1.82) is 0 Å². The Bertz CT molecular complexity index is 505. The third-order valence-corrected chi connectivity index (χ3v) is 4.21. The topological polar surface area (TPSA) is 30.8 Å². The second kappa shape index (κ2) is 5.78. The van der Waals surface area contributed by atoms with Crippen LogP contribution >= 0.6 is 12.2 Å². The molecule has 0 aliphatic carbocycles. The summed E-state index contributed by atoms with van der Waals surface area (Å²) < 4.78 is 12.0. The number of benzene rings is 1. The van der Waals surface area contributed by atoms with Gasteiger partial charge in [-0.2, -0.15) is 0 Å². The molecule has 1 heterocycles. The predicted octanol–water partition coefficient (Wildman–Crippen LogP) is 2.63. The molecule has 2 rings (SSSR count). The molecule has 1 aromatic rings. The molecule has 20 heavy (non-hydrogen) atoms. The van der Waals surface area contributed by atoms with Crippen molar-refractivity contribution in [2.24, 2.45) is 4.99 Å². The maximum absolute atomic E-state index is 6.02. The van der Waals surface area contributed by atoms with E-state index < -0.39 is 0 Å². The fraction of sp³-hybridized carbons (Fsp3) is 0.533. The quantitative estimate of drug-likeness (QED) is 0.485. The van der Waals surface area contributed by atoms with Crippen LogP contribution in [0.4, 0.5) is 0 Å². The second-order valence-corrected chi connectivity index (χ2v) is 6.24. The van der Waals surface area contributed by atoms with Crippen LogP contribution in [0, 0.1) is 0 Å². The van der Waals surface area contributed by atoms with Crippen LogP contribution in [0.2, 0.25) is 0 Å². The Morgan fingerprint density at radius 3 is 2.15 bits per heavy atom. The monoisotopic (exact) mass is 289 g/mol. The molecular weight excluding hydrogens is 269 g/mol. The first-order chi connectivity index (χ1) is 9.36.